The van der Waals surface area contributed by atoms with E-state index in [0.717, 1.165) is 23.9 Å². The molecule has 2 aromatic rings. The standard InChI is InChI=1S/C19H20F3N3O4/c1-27-15-4-3-12(7-16(15)28-2)9-24-18(26)25-10-14(11-25)29-17-8-13(5-6-23-17)19(20,21)22/h3-8,14H,9-11H2,1-2H3,(H,24,26). The maximum atomic E-state index is 12.7. The zero-order chi connectivity index (χ0) is 21.0. The van der Waals surface area contributed by atoms with Gasteiger partial charge in [0.2, 0.25) is 5.88 Å². The Kier molecular flexibility index (Phi) is 6.00. The lowest BCUT2D eigenvalue weighted by Crippen LogP contribution is -2.58. The lowest BCUT2D eigenvalue weighted by Gasteiger charge is -2.38. The molecule has 1 aliphatic heterocycles. The first kappa shape index (κ1) is 20.6. The van der Waals surface area contributed by atoms with Gasteiger partial charge in [-0.2, -0.15) is 13.2 Å². The number of aromatic nitrogens is 1. The summed E-state index contributed by atoms with van der Waals surface area (Å²) in [4.78, 5) is 17.5. The van der Waals surface area contributed by atoms with Crippen molar-refractivity contribution in [2.75, 3.05) is 27.3 Å². The van der Waals surface area contributed by atoms with Crippen molar-refractivity contribution in [1.29, 1.82) is 0 Å². The average Bonchev–Trinajstić information content (AvgIpc) is 2.67. The Morgan fingerprint density at radius 2 is 1.90 bits per heavy atom. The second kappa shape index (κ2) is 8.46. The topological polar surface area (TPSA) is 72.9 Å². The van der Waals surface area contributed by atoms with Crippen molar-refractivity contribution in [3.8, 4) is 17.4 Å². The number of urea groups is 1. The first-order chi connectivity index (χ1) is 13.8. The summed E-state index contributed by atoms with van der Waals surface area (Å²) in [7, 11) is 3.07. The van der Waals surface area contributed by atoms with Crippen LogP contribution in [0.4, 0.5) is 18.0 Å². The molecule has 0 spiro atoms. The molecule has 7 nitrogen and oxygen atoms in total. The molecule has 0 bridgehead atoms. The van der Waals surface area contributed by atoms with E-state index in [1.165, 1.54) is 19.1 Å². The maximum absolute atomic E-state index is 12.7. The lowest BCUT2D eigenvalue weighted by molar-refractivity contribution is -0.137. The number of rotatable bonds is 6. The molecule has 0 radical (unpaired) electrons. The number of carbonyl (C=O) groups excluding carboxylic acids is 1. The van der Waals surface area contributed by atoms with E-state index >= 15 is 0 Å². The Balaban J connectivity index is 1.47. The SMILES string of the molecule is COc1ccc(CNC(=O)N2CC(Oc3cc(C(F)(F)F)ccn3)C2)cc1OC. The van der Waals surface area contributed by atoms with Crippen LogP contribution >= 0.6 is 0 Å². The number of nitrogens with one attached hydrogen (secondary N) is 1. The van der Waals surface area contributed by atoms with Crippen LogP contribution in [0.5, 0.6) is 17.4 Å². The maximum Gasteiger partial charge on any atom is 0.416 e. The van der Waals surface area contributed by atoms with Gasteiger partial charge < -0.3 is 24.4 Å². The number of carbonyl (C=O) groups is 1. The number of nitrogens with zero attached hydrogens (tertiary/aromatic N) is 2. The van der Waals surface area contributed by atoms with Gasteiger partial charge in [-0.3, -0.25) is 0 Å². The van der Waals surface area contributed by atoms with Gasteiger partial charge in [-0.1, -0.05) is 6.07 Å². The summed E-state index contributed by atoms with van der Waals surface area (Å²) >= 11 is 0. The minimum absolute atomic E-state index is 0.116. The number of alkyl halides is 3. The molecule has 1 aliphatic rings. The predicted octanol–water partition coefficient (Wildman–Crippen LogP) is 3.09. The van der Waals surface area contributed by atoms with Crippen molar-refractivity contribution in [3.05, 3.63) is 47.7 Å². The van der Waals surface area contributed by atoms with Crippen LogP contribution in [0.3, 0.4) is 0 Å². The third-order valence-corrected chi connectivity index (χ3v) is 4.38. The number of halogens is 3. The van der Waals surface area contributed by atoms with E-state index in [4.69, 9.17) is 14.2 Å². The van der Waals surface area contributed by atoms with Gasteiger partial charge in [0.1, 0.15) is 6.10 Å². The van der Waals surface area contributed by atoms with Gasteiger partial charge in [-0.05, 0) is 23.8 Å². The summed E-state index contributed by atoms with van der Waals surface area (Å²) in [6.07, 6.45) is -3.82. The molecule has 0 saturated carbocycles. The molecule has 1 saturated heterocycles. The summed E-state index contributed by atoms with van der Waals surface area (Å²) in [6, 6.07) is 6.75. The minimum Gasteiger partial charge on any atom is -0.493 e. The van der Waals surface area contributed by atoms with Gasteiger partial charge in [-0.25, -0.2) is 9.78 Å². The molecule has 10 heteroatoms. The van der Waals surface area contributed by atoms with E-state index in [0.29, 0.717) is 11.5 Å². The number of pyridine rings is 1. The number of benzene rings is 1. The number of amides is 2. The molecule has 156 valence electrons. The molecule has 29 heavy (non-hydrogen) atoms. The summed E-state index contributed by atoms with van der Waals surface area (Å²) in [5.74, 6) is 1.04. The summed E-state index contributed by atoms with van der Waals surface area (Å²) < 4.78 is 54.0. The molecular weight excluding hydrogens is 391 g/mol. The number of likely N-dealkylation sites (tertiary alicyclic amines) is 1. The van der Waals surface area contributed by atoms with Gasteiger partial charge in [0.15, 0.2) is 11.5 Å². The van der Waals surface area contributed by atoms with Crippen LogP contribution in [0.2, 0.25) is 0 Å². The third-order valence-electron chi connectivity index (χ3n) is 4.38. The van der Waals surface area contributed by atoms with Crippen molar-refractivity contribution in [1.82, 2.24) is 15.2 Å². The highest BCUT2D eigenvalue weighted by atomic mass is 19.4. The first-order valence-electron chi connectivity index (χ1n) is 8.73. The van der Waals surface area contributed by atoms with E-state index in [1.54, 1.807) is 12.1 Å². The fourth-order valence-electron chi connectivity index (χ4n) is 2.78. The largest absolute Gasteiger partial charge is 0.493 e. The molecule has 3 rings (SSSR count). The predicted molar refractivity (Wildman–Crippen MR) is 97.0 cm³/mol. The number of methoxy groups -OCH3 is 2. The second-order valence-corrected chi connectivity index (χ2v) is 6.37. The Morgan fingerprint density at radius 1 is 1.17 bits per heavy atom. The van der Waals surface area contributed by atoms with Gasteiger partial charge in [0, 0.05) is 18.8 Å². The van der Waals surface area contributed by atoms with Crippen molar-refractivity contribution in [2.24, 2.45) is 0 Å². The van der Waals surface area contributed by atoms with Crippen LogP contribution < -0.4 is 19.5 Å². The molecule has 1 aromatic carbocycles. The summed E-state index contributed by atoms with van der Waals surface area (Å²) in [5, 5.41) is 2.77. The number of ether oxygens (including phenoxy) is 3. The Labute approximate surface area is 165 Å². The minimum atomic E-state index is -4.46. The van der Waals surface area contributed by atoms with Crippen molar-refractivity contribution in [2.45, 2.75) is 18.8 Å². The molecule has 0 atom stereocenters. The van der Waals surface area contributed by atoms with E-state index in [1.807, 2.05) is 6.07 Å². The molecule has 1 N–H and O–H groups in total. The number of hydrogen-bond acceptors (Lipinski definition) is 5. The van der Waals surface area contributed by atoms with Crippen LogP contribution in [0.25, 0.3) is 0 Å². The molecule has 1 aromatic heterocycles. The molecule has 1 fully saturated rings. The van der Waals surface area contributed by atoms with Crippen molar-refractivity contribution in [3.63, 3.8) is 0 Å². The monoisotopic (exact) mass is 411 g/mol. The normalized spacial score (nSPS) is 14.2. The van der Waals surface area contributed by atoms with Crippen LogP contribution in [0.15, 0.2) is 36.5 Å². The number of hydrogen-bond donors (Lipinski definition) is 1. The van der Waals surface area contributed by atoms with E-state index in [-0.39, 0.29) is 31.5 Å². The molecule has 0 unspecified atom stereocenters. The van der Waals surface area contributed by atoms with E-state index in [9.17, 15) is 18.0 Å². The zero-order valence-corrected chi connectivity index (χ0v) is 15.8. The third kappa shape index (κ3) is 5.01. The van der Waals surface area contributed by atoms with Gasteiger partial charge >= 0.3 is 12.2 Å². The van der Waals surface area contributed by atoms with Gasteiger partial charge in [-0.15, -0.1) is 0 Å². The van der Waals surface area contributed by atoms with E-state index in [2.05, 4.69) is 10.3 Å². The first-order valence-corrected chi connectivity index (χ1v) is 8.73. The zero-order valence-electron chi connectivity index (χ0n) is 15.8. The van der Waals surface area contributed by atoms with Crippen LogP contribution in [0.1, 0.15) is 11.1 Å². The lowest BCUT2D eigenvalue weighted by atomic mass is 10.1. The fraction of sp³-hybridized carbons (Fsp3) is 0.368. The Morgan fingerprint density at radius 3 is 2.55 bits per heavy atom. The summed E-state index contributed by atoms with van der Waals surface area (Å²) in [5.41, 5.74) is 0.00355. The molecule has 2 heterocycles. The molecule has 0 aliphatic carbocycles. The van der Waals surface area contributed by atoms with Crippen LogP contribution in [-0.2, 0) is 12.7 Å². The van der Waals surface area contributed by atoms with Crippen LogP contribution in [0, 0.1) is 0 Å². The highest BCUT2D eigenvalue weighted by Crippen LogP contribution is 2.31. The molecular formula is C19H20F3N3O4. The highest BCUT2D eigenvalue weighted by Gasteiger charge is 2.34. The van der Waals surface area contributed by atoms with Crippen molar-refractivity contribution >= 4 is 6.03 Å². The fourth-order valence-corrected chi connectivity index (χ4v) is 2.78. The van der Waals surface area contributed by atoms with Gasteiger partial charge in [0.05, 0.1) is 32.9 Å². The Hall–Kier alpha value is -3.17. The highest BCUT2D eigenvalue weighted by molar-refractivity contribution is 5.75. The second-order valence-electron chi connectivity index (χ2n) is 6.37. The smallest absolute Gasteiger partial charge is 0.416 e. The van der Waals surface area contributed by atoms with Crippen LogP contribution in [-0.4, -0.2) is 49.3 Å². The van der Waals surface area contributed by atoms with Gasteiger partial charge in [0.25, 0.3) is 0 Å². The Bertz CT molecular complexity index is 870. The summed E-state index contributed by atoms with van der Waals surface area (Å²) in [6.45, 7) is 0.807. The quantitative estimate of drug-likeness (QED) is 0.791. The average molecular weight is 411 g/mol. The molecule has 2 amide bonds. The van der Waals surface area contributed by atoms with E-state index < -0.39 is 17.8 Å². The van der Waals surface area contributed by atoms with Crippen molar-refractivity contribution < 1.29 is 32.2 Å².